The molecule has 80 valence electrons. The van der Waals surface area contributed by atoms with Crippen LogP contribution in [0.3, 0.4) is 0 Å². The minimum Gasteiger partial charge on any atom is -0.480 e. The van der Waals surface area contributed by atoms with E-state index in [9.17, 15) is 9.59 Å². The number of hydrogen-bond acceptors (Lipinski definition) is 3. The van der Waals surface area contributed by atoms with Crippen LogP contribution in [0.1, 0.15) is 19.5 Å². The highest BCUT2D eigenvalue weighted by molar-refractivity contribution is 6.01. The average molecular weight is 207 g/mol. The largest absolute Gasteiger partial charge is 0.480 e. The fourth-order valence-corrected chi connectivity index (χ4v) is 1.22. The van der Waals surface area contributed by atoms with Crippen molar-refractivity contribution >= 4 is 11.8 Å². The number of aliphatic carboxylic acids is 1. The Kier molecular flexibility index (Phi) is 3.19. The molecule has 1 heterocycles. The lowest BCUT2D eigenvalue weighted by atomic mass is 9.82. The van der Waals surface area contributed by atoms with E-state index < -0.39 is 11.4 Å². The van der Waals surface area contributed by atoms with Gasteiger partial charge in [-0.1, -0.05) is 6.07 Å². The minimum absolute atomic E-state index is 0.124. The summed E-state index contributed by atoms with van der Waals surface area (Å²) in [6.07, 6.45) is 1.70. The van der Waals surface area contributed by atoms with Crippen LogP contribution in [0, 0.1) is 5.41 Å². The van der Waals surface area contributed by atoms with E-state index in [0.29, 0.717) is 5.69 Å². The smallest absolute Gasteiger partial charge is 0.317 e. The normalized spacial score (nSPS) is 14.3. The van der Waals surface area contributed by atoms with Gasteiger partial charge in [-0.3, -0.25) is 14.6 Å². The summed E-state index contributed by atoms with van der Waals surface area (Å²) >= 11 is 0. The van der Waals surface area contributed by atoms with E-state index in [-0.39, 0.29) is 12.2 Å². The van der Waals surface area contributed by atoms with Crippen LogP contribution in [0.15, 0.2) is 24.4 Å². The van der Waals surface area contributed by atoms with Gasteiger partial charge in [0.2, 0.25) is 0 Å². The molecule has 15 heavy (non-hydrogen) atoms. The Morgan fingerprint density at radius 1 is 1.47 bits per heavy atom. The summed E-state index contributed by atoms with van der Waals surface area (Å²) in [5.74, 6) is -1.47. The van der Waals surface area contributed by atoms with E-state index in [1.807, 2.05) is 0 Å². The van der Waals surface area contributed by atoms with Gasteiger partial charge in [0.25, 0.3) is 0 Å². The lowest BCUT2D eigenvalue weighted by Crippen LogP contribution is -2.37. The third-order valence-corrected chi connectivity index (χ3v) is 2.51. The van der Waals surface area contributed by atoms with Crippen molar-refractivity contribution in [3.05, 3.63) is 30.1 Å². The summed E-state index contributed by atoms with van der Waals surface area (Å²) in [5, 5.41) is 9.02. The topological polar surface area (TPSA) is 67.3 Å². The highest BCUT2D eigenvalue weighted by Gasteiger charge is 2.38. The Morgan fingerprint density at radius 3 is 2.53 bits per heavy atom. The number of ketones is 1. The molecule has 0 aromatic carbocycles. The predicted molar refractivity (Wildman–Crippen MR) is 54.4 cm³/mol. The molecule has 4 heteroatoms. The van der Waals surface area contributed by atoms with Crippen molar-refractivity contribution < 1.29 is 14.7 Å². The Hall–Kier alpha value is -1.71. The van der Waals surface area contributed by atoms with Gasteiger partial charge in [0.05, 0.1) is 0 Å². The molecule has 1 rings (SSSR count). The Bertz CT molecular complexity index is 359. The second-order valence-corrected chi connectivity index (χ2v) is 3.69. The fraction of sp³-hybridized carbons (Fsp3) is 0.364. The molecule has 1 aromatic heterocycles. The number of aromatic nitrogens is 1. The van der Waals surface area contributed by atoms with Crippen molar-refractivity contribution in [2.75, 3.05) is 0 Å². The maximum atomic E-state index is 11.3. The molecule has 0 saturated heterocycles. The molecule has 0 saturated carbocycles. The average Bonchev–Trinajstić information content (AvgIpc) is 2.18. The molecular weight excluding hydrogens is 194 g/mol. The summed E-state index contributed by atoms with van der Waals surface area (Å²) in [6, 6.07) is 5.23. The number of carboxylic acids is 1. The molecule has 0 aliphatic heterocycles. The first-order chi connectivity index (χ1) is 6.97. The van der Waals surface area contributed by atoms with Gasteiger partial charge in [-0.15, -0.1) is 0 Å². The number of carboxylic acid groups (broad SMARTS) is 1. The van der Waals surface area contributed by atoms with Crippen molar-refractivity contribution in [1.82, 2.24) is 4.98 Å². The van der Waals surface area contributed by atoms with Gasteiger partial charge in [0, 0.05) is 18.3 Å². The molecule has 1 N–H and O–H groups in total. The molecule has 0 radical (unpaired) electrons. The SMILES string of the molecule is CC(=O)C(C)(Cc1ccccn1)C(=O)O. The summed E-state index contributed by atoms with van der Waals surface area (Å²) in [7, 11) is 0. The summed E-state index contributed by atoms with van der Waals surface area (Å²) in [5.41, 5.74) is -0.772. The van der Waals surface area contributed by atoms with Crippen LogP contribution in [-0.4, -0.2) is 21.8 Å². The molecule has 0 aliphatic rings. The van der Waals surface area contributed by atoms with E-state index >= 15 is 0 Å². The lowest BCUT2D eigenvalue weighted by Gasteiger charge is -2.20. The van der Waals surface area contributed by atoms with Crippen molar-refractivity contribution in [2.45, 2.75) is 20.3 Å². The molecule has 1 atom stereocenters. The third kappa shape index (κ3) is 2.40. The Morgan fingerprint density at radius 2 is 2.13 bits per heavy atom. The summed E-state index contributed by atoms with van der Waals surface area (Å²) in [4.78, 5) is 26.3. The number of hydrogen-bond donors (Lipinski definition) is 1. The lowest BCUT2D eigenvalue weighted by molar-refractivity contribution is -0.153. The minimum atomic E-state index is -1.38. The van der Waals surface area contributed by atoms with Gasteiger partial charge < -0.3 is 5.11 Å². The van der Waals surface area contributed by atoms with E-state index in [0.717, 1.165) is 0 Å². The second kappa shape index (κ2) is 4.21. The molecule has 0 spiro atoms. The molecular formula is C11H13NO3. The predicted octanol–water partition coefficient (Wildman–Crippen LogP) is 1.30. The molecule has 0 amide bonds. The third-order valence-electron chi connectivity index (χ3n) is 2.51. The summed E-state index contributed by atoms with van der Waals surface area (Å²) < 4.78 is 0. The van der Waals surface area contributed by atoms with Crippen LogP contribution >= 0.6 is 0 Å². The van der Waals surface area contributed by atoms with Crippen molar-refractivity contribution in [3.8, 4) is 0 Å². The zero-order valence-corrected chi connectivity index (χ0v) is 8.73. The van der Waals surface area contributed by atoms with E-state index in [4.69, 9.17) is 5.11 Å². The van der Waals surface area contributed by atoms with Crippen molar-refractivity contribution in [2.24, 2.45) is 5.41 Å². The van der Waals surface area contributed by atoms with Crippen LogP contribution in [0.25, 0.3) is 0 Å². The Labute approximate surface area is 88.0 Å². The first kappa shape index (κ1) is 11.4. The number of rotatable bonds is 4. The van der Waals surface area contributed by atoms with Gasteiger partial charge in [-0.25, -0.2) is 0 Å². The van der Waals surface area contributed by atoms with Gasteiger partial charge in [-0.05, 0) is 26.0 Å². The van der Waals surface area contributed by atoms with E-state index in [2.05, 4.69) is 4.98 Å². The zero-order chi connectivity index (χ0) is 11.5. The van der Waals surface area contributed by atoms with Crippen LogP contribution in [0.4, 0.5) is 0 Å². The van der Waals surface area contributed by atoms with Crippen LogP contribution in [-0.2, 0) is 16.0 Å². The van der Waals surface area contributed by atoms with Crippen LogP contribution in [0.2, 0.25) is 0 Å². The number of carbonyl (C=O) groups is 2. The van der Waals surface area contributed by atoms with Crippen molar-refractivity contribution in [1.29, 1.82) is 0 Å². The number of carbonyl (C=O) groups excluding carboxylic acids is 1. The molecule has 0 aliphatic carbocycles. The molecule has 4 nitrogen and oxygen atoms in total. The second-order valence-electron chi connectivity index (χ2n) is 3.69. The Balaban J connectivity index is 2.95. The van der Waals surface area contributed by atoms with Gasteiger partial charge in [0.1, 0.15) is 11.2 Å². The maximum absolute atomic E-state index is 11.3. The maximum Gasteiger partial charge on any atom is 0.317 e. The number of Topliss-reactive ketones (excluding diaryl/α,β-unsaturated/α-hetero) is 1. The molecule has 0 bridgehead atoms. The first-order valence-corrected chi connectivity index (χ1v) is 4.61. The van der Waals surface area contributed by atoms with Gasteiger partial charge in [-0.2, -0.15) is 0 Å². The summed E-state index contributed by atoms with van der Waals surface area (Å²) in [6.45, 7) is 2.71. The highest BCUT2D eigenvalue weighted by atomic mass is 16.4. The standard InChI is InChI=1S/C11H13NO3/c1-8(13)11(2,10(14)15)7-9-5-3-4-6-12-9/h3-6H,7H2,1-2H3,(H,14,15). The van der Waals surface area contributed by atoms with Crippen molar-refractivity contribution in [3.63, 3.8) is 0 Å². The van der Waals surface area contributed by atoms with E-state index in [1.165, 1.54) is 13.8 Å². The van der Waals surface area contributed by atoms with Crippen LogP contribution < -0.4 is 0 Å². The van der Waals surface area contributed by atoms with E-state index in [1.54, 1.807) is 24.4 Å². The first-order valence-electron chi connectivity index (χ1n) is 4.61. The molecule has 0 fully saturated rings. The molecule has 1 unspecified atom stereocenters. The van der Waals surface area contributed by atoms with Crippen LogP contribution in [0.5, 0.6) is 0 Å². The van der Waals surface area contributed by atoms with Gasteiger partial charge >= 0.3 is 5.97 Å². The monoisotopic (exact) mass is 207 g/mol. The van der Waals surface area contributed by atoms with Gasteiger partial charge in [0.15, 0.2) is 0 Å². The number of nitrogens with zero attached hydrogens (tertiary/aromatic N) is 1. The quantitative estimate of drug-likeness (QED) is 0.756. The zero-order valence-electron chi connectivity index (χ0n) is 8.73. The highest BCUT2D eigenvalue weighted by Crippen LogP contribution is 2.23. The fourth-order valence-electron chi connectivity index (χ4n) is 1.22. The molecule has 1 aromatic rings. The number of pyridine rings is 1.